The van der Waals surface area contributed by atoms with E-state index in [1.807, 2.05) is 47.4 Å². The van der Waals surface area contributed by atoms with Crippen LogP contribution in [0.3, 0.4) is 0 Å². The molecule has 0 N–H and O–H groups in total. The number of nitrogens with zero attached hydrogens (tertiary/aromatic N) is 3. The van der Waals surface area contributed by atoms with E-state index < -0.39 is 0 Å². The molecule has 1 saturated carbocycles. The summed E-state index contributed by atoms with van der Waals surface area (Å²) in [5.74, 6) is 0.531. The Hall–Kier alpha value is -2.95. The normalized spacial score (nSPS) is 14.9. The summed E-state index contributed by atoms with van der Waals surface area (Å²) in [6.07, 6.45) is 3.82. The van der Waals surface area contributed by atoms with Crippen molar-refractivity contribution in [3.8, 4) is 0 Å². The lowest BCUT2D eigenvalue weighted by atomic mass is 10.1. The van der Waals surface area contributed by atoms with Crippen LogP contribution < -0.4 is 5.56 Å². The summed E-state index contributed by atoms with van der Waals surface area (Å²) in [4.78, 5) is 32.1. The van der Waals surface area contributed by atoms with Crippen molar-refractivity contribution in [3.05, 3.63) is 76.8 Å². The summed E-state index contributed by atoms with van der Waals surface area (Å²) in [5, 5.41) is 0.539. The standard InChI is InChI=1S/C22H23N3O2/c1-16(18-7-3-2-4-8-18)25(13-17-11-12-17)21(26)14-24-15-23-20-10-6-5-9-19(20)22(24)27/h2-10,15-17H,11-14H2,1H3/t16-/m1/s1. The zero-order valence-corrected chi connectivity index (χ0v) is 15.4. The molecule has 0 unspecified atom stereocenters. The van der Waals surface area contributed by atoms with Crippen LogP contribution in [0, 0.1) is 5.92 Å². The maximum atomic E-state index is 13.1. The first kappa shape index (κ1) is 17.5. The average molecular weight is 361 g/mol. The van der Waals surface area contributed by atoms with Crippen molar-refractivity contribution < 1.29 is 4.79 Å². The van der Waals surface area contributed by atoms with Crippen LogP contribution in [0.15, 0.2) is 65.7 Å². The molecule has 5 heteroatoms. The van der Waals surface area contributed by atoms with Gasteiger partial charge in [0.15, 0.2) is 0 Å². The second-order valence-electron chi connectivity index (χ2n) is 7.27. The number of amides is 1. The van der Waals surface area contributed by atoms with E-state index in [1.165, 1.54) is 23.7 Å². The predicted octanol–water partition coefficient (Wildman–Crippen LogP) is 3.40. The molecule has 1 amide bonds. The molecule has 138 valence electrons. The first-order chi connectivity index (χ1) is 13.1. The summed E-state index contributed by atoms with van der Waals surface area (Å²) in [5.41, 5.74) is 1.59. The highest BCUT2D eigenvalue weighted by atomic mass is 16.2. The van der Waals surface area contributed by atoms with Crippen LogP contribution in [-0.2, 0) is 11.3 Å². The number of fused-ring (bicyclic) bond motifs is 1. The molecule has 0 bridgehead atoms. The quantitative estimate of drug-likeness (QED) is 0.676. The maximum Gasteiger partial charge on any atom is 0.261 e. The summed E-state index contributed by atoms with van der Waals surface area (Å²) in [6, 6.07) is 17.2. The lowest BCUT2D eigenvalue weighted by Crippen LogP contribution is -2.39. The third kappa shape index (κ3) is 3.77. The van der Waals surface area contributed by atoms with Crippen molar-refractivity contribution in [2.75, 3.05) is 6.54 Å². The maximum absolute atomic E-state index is 13.1. The monoisotopic (exact) mass is 361 g/mol. The van der Waals surface area contributed by atoms with Crippen molar-refractivity contribution in [1.29, 1.82) is 0 Å². The fraction of sp³-hybridized carbons (Fsp3) is 0.318. The van der Waals surface area contributed by atoms with E-state index in [0.717, 1.165) is 12.1 Å². The number of carbonyl (C=O) groups excluding carboxylic acids is 1. The highest BCUT2D eigenvalue weighted by Gasteiger charge is 2.30. The van der Waals surface area contributed by atoms with Crippen LogP contribution >= 0.6 is 0 Å². The number of hydrogen-bond donors (Lipinski definition) is 0. The van der Waals surface area contributed by atoms with Crippen molar-refractivity contribution >= 4 is 16.8 Å². The van der Waals surface area contributed by atoms with Gasteiger partial charge in [0, 0.05) is 6.54 Å². The van der Waals surface area contributed by atoms with Crippen molar-refractivity contribution in [3.63, 3.8) is 0 Å². The molecule has 1 aliphatic rings. The van der Waals surface area contributed by atoms with Gasteiger partial charge in [0.1, 0.15) is 6.54 Å². The molecule has 0 radical (unpaired) electrons. The summed E-state index contributed by atoms with van der Waals surface area (Å²) in [7, 11) is 0. The van der Waals surface area contributed by atoms with E-state index in [1.54, 1.807) is 12.1 Å². The first-order valence-electron chi connectivity index (χ1n) is 9.42. The highest BCUT2D eigenvalue weighted by molar-refractivity contribution is 5.79. The third-order valence-corrected chi connectivity index (χ3v) is 5.26. The Morgan fingerprint density at radius 1 is 1.15 bits per heavy atom. The molecule has 1 aliphatic carbocycles. The van der Waals surface area contributed by atoms with Gasteiger partial charge >= 0.3 is 0 Å². The second-order valence-corrected chi connectivity index (χ2v) is 7.27. The minimum atomic E-state index is -0.173. The van der Waals surface area contributed by atoms with Gasteiger partial charge in [-0.2, -0.15) is 0 Å². The Labute approximate surface area is 158 Å². The molecule has 27 heavy (non-hydrogen) atoms. The van der Waals surface area contributed by atoms with Gasteiger partial charge in [-0.15, -0.1) is 0 Å². The van der Waals surface area contributed by atoms with Gasteiger partial charge in [0.05, 0.1) is 23.3 Å². The summed E-state index contributed by atoms with van der Waals surface area (Å²) < 4.78 is 1.42. The second kappa shape index (κ2) is 7.35. The number of carbonyl (C=O) groups is 1. The molecule has 1 atom stereocenters. The van der Waals surface area contributed by atoms with Gasteiger partial charge in [-0.05, 0) is 43.4 Å². The zero-order valence-electron chi connectivity index (χ0n) is 15.4. The zero-order chi connectivity index (χ0) is 18.8. The van der Waals surface area contributed by atoms with Crippen LogP contribution in [0.4, 0.5) is 0 Å². The Morgan fingerprint density at radius 3 is 2.59 bits per heavy atom. The van der Waals surface area contributed by atoms with E-state index in [0.29, 0.717) is 16.8 Å². The van der Waals surface area contributed by atoms with E-state index in [-0.39, 0.29) is 24.1 Å². The largest absolute Gasteiger partial charge is 0.334 e. The molecule has 1 aromatic heterocycles. The lowest BCUT2D eigenvalue weighted by Gasteiger charge is -2.30. The van der Waals surface area contributed by atoms with Crippen LogP contribution in [0.25, 0.3) is 10.9 Å². The molecule has 0 spiro atoms. The minimum Gasteiger partial charge on any atom is -0.334 e. The van der Waals surface area contributed by atoms with E-state index >= 15 is 0 Å². The van der Waals surface area contributed by atoms with Crippen molar-refractivity contribution in [1.82, 2.24) is 14.5 Å². The Morgan fingerprint density at radius 2 is 1.85 bits per heavy atom. The number of hydrogen-bond acceptors (Lipinski definition) is 3. The van der Waals surface area contributed by atoms with Gasteiger partial charge in [0.25, 0.3) is 5.56 Å². The van der Waals surface area contributed by atoms with E-state index in [4.69, 9.17) is 0 Å². The van der Waals surface area contributed by atoms with Crippen LogP contribution in [-0.4, -0.2) is 26.9 Å². The summed E-state index contributed by atoms with van der Waals surface area (Å²) >= 11 is 0. The molecule has 0 aliphatic heterocycles. The fourth-order valence-electron chi connectivity index (χ4n) is 3.42. The minimum absolute atomic E-state index is 0.0144. The molecule has 3 aromatic rings. The van der Waals surface area contributed by atoms with E-state index in [2.05, 4.69) is 11.9 Å². The van der Waals surface area contributed by atoms with Gasteiger partial charge in [0.2, 0.25) is 5.91 Å². The Kier molecular flexibility index (Phi) is 4.75. The molecule has 1 heterocycles. The first-order valence-corrected chi connectivity index (χ1v) is 9.42. The fourth-order valence-corrected chi connectivity index (χ4v) is 3.42. The van der Waals surface area contributed by atoms with Crippen LogP contribution in [0.2, 0.25) is 0 Å². The number of benzene rings is 2. The topological polar surface area (TPSA) is 55.2 Å². The molecular weight excluding hydrogens is 338 g/mol. The van der Waals surface area contributed by atoms with Crippen molar-refractivity contribution in [2.24, 2.45) is 5.92 Å². The number of para-hydroxylation sites is 1. The molecule has 0 saturated heterocycles. The molecule has 1 fully saturated rings. The smallest absolute Gasteiger partial charge is 0.261 e. The van der Waals surface area contributed by atoms with Gasteiger partial charge in [-0.25, -0.2) is 4.98 Å². The highest BCUT2D eigenvalue weighted by Crippen LogP contribution is 2.33. The van der Waals surface area contributed by atoms with Crippen molar-refractivity contribution in [2.45, 2.75) is 32.4 Å². The SMILES string of the molecule is C[C@H](c1ccccc1)N(CC1CC1)C(=O)Cn1cnc2ccccc2c1=O. The third-order valence-electron chi connectivity index (χ3n) is 5.26. The molecular formula is C22H23N3O2. The summed E-state index contributed by atoms with van der Waals surface area (Å²) in [6.45, 7) is 2.81. The van der Waals surface area contributed by atoms with E-state index in [9.17, 15) is 9.59 Å². The Balaban J connectivity index is 1.60. The molecule has 4 rings (SSSR count). The van der Waals surface area contributed by atoms with Crippen LogP contribution in [0.1, 0.15) is 31.4 Å². The number of aromatic nitrogens is 2. The average Bonchev–Trinajstić information content (AvgIpc) is 3.53. The van der Waals surface area contributed by atoms with Gasteiger partial charge < -0.3 is 4.90 Å². The predicted molar refractivity (Wildman–Crippen MR) is 105 cm³/mol. The Bertz CT molecular complexity index is 1010. The van der Waals surface area contributed by atoms with Gasteiger partial charge in [-0.1, -0.05) is 42.5 Å². The number of rotatable bonds is 6. The van der Waals surface area contributed by atoms with Crippen LogP contribution in [0.5, 0.6) is 0 Å². The van der Waals surface area contributed by atoms with Gasteiger partial charge in [-0.3, -0.25) is 14.2 Å². The lowest BCUT2D eigenvalue weighted by molar-refractivity contribution is -0.134. The molecule has 5 nitrogen and oxygen atoms in total. The molecule has 2 aromatic carbocycles.